The molecule has 0 saturated carbocycles. The molecule has 1 N–H and O–H groups in total. The first-order chi connectivity index (χ1) is 9.20. The topological polar surface area (TPSA) is 82.9 Å². The van der Waals surface area contributed by atoms with Gasteiger partial charge < -0.3 is 19.5 Å². The Kier molecular flexibility index (Phi) is 4.53. The van der Waals surface area contributed by atoms with E-state index in [0.29, 0.717) is 19.0 Å². The van der Waals surface area contributed by atoms with Gasteiger partial charge in [-0.15, -0.1) is 0 Å². The van der Waals surface area contributed by atoms with E-state index in [0.717, 1.165) is 13.1 Å². The van der Waals surface area contributed by atoms with E-state index in [4.69, 9.17) is 14.2 Å². The lowest BCUT2D eigenvalue weighted by molar-refractivity contribution is -0.385. The van der Waals surface area contributed by atoms with E-state index < -0.39 is 4.92 Å². The molecule has 0 aromatic heterocycles. The van der Waals surface area contributed by atoms with Crippen molar-refractivity contribution in [2.45, 2.75) is 6.10 Å². The van der Waals surface area contributed by atoms with Crippen molar-refractivity contribution in [2.75, 3.05) is 33.4 Å². The van der Waals surface area contributed by atoms with Gasteiger partial charge in [-0.1, -0.05) is 0 Å². The number of hydrogen-bond donors (Lipinski definition) is 1. The summed E-state index contributed by atoms with van der Waals surface area (Å²) in [7, 11) is 1.39. The van der Waals surface area contributed by atoms with Crippen molar-refractivity contribution in [1.29, 1.82) is 0 Å². The zero-order valence-electron chi connectivity index (χ0n) is 10.6. The molecule has 0 amide bonds. The summed E-state index contributed by atoms with van der Waals surface area (Å²) < 4.78 is 16.0. The Balaban J connectivity index is 1.98. The summed E-state index contributed by atoms with van der Waals surface area (Å²) in [5.41, 5.74) is -0.0783. The molecule has 1 unspecified atom stereocenters. The van der Waals surface area contributed by atoms with E-state index in [-0.39, 0.29) is 17.5 Å². The van der Waals surface area contributed by atoms with Crippen LogP contribution < -0.4 is 14.8 Å². The monoisotopic (exact) mass is 268 g/mol. The van der Waals surface area contributed by atoms with E-state index in [2.05, 4.69) is 5.32 Å². The molecule has 0 spiro atoms. The van der Waals surface area contributed by atoms with Crippen LogP contribution in [0.4, 0.5) is 5.69 Å². The van der Waals surface area contributed by atoms with E-state index in [1.807, 2.05) is 0 Å². The van der Waals surface area contributed by atoms with Crippen LogP contribution in [0.5, 0.6) is 11.5 Å². The first kappa shape index (κ1) is 13.6. The second-order valence-corrected chi connectivity index (χ2v) is 4.10. The van der Waals surface area contributed by atoms with Crippen LogP contribution in [-0.2, 0) is 4.74 Å². The van der Waals surface area contributed by atoms with E-state index in [1.54, 1.807) is 6.07 Å². The lowest BCUT2D eigenvalue weighted by atomic mass is 10.2. The summed E-state index contributed by atoms with van der Waals surface area (Å²) >= 11 is 0. The Labute approximate surface area is 110 Å². The molecule has 1 heterocycles. The number of ether oxygens (including phenoxy) is 3. The highest BCUT2D eigenvalue weighted by Gasteiger charge is 2.17. The van der Waals surface area contributed by atoms with Gasteiger partial charge in [0.25, 0.3) is 0 Å². The number of morpholine rings is 1. The molecule has 1 saturated heterocycles. The molecule has 19 heavy (non-hydrogen) atoms. The molecule has 2 rings (SSSR count). The van der Waals surface area contributed by atoms with Crippen molar-refractivity contribution in [3.05, 3.63) is 28.3 Å². The Bertz CT molecular complexity index is 446. The fraction of sp³-hybridized carbons (Fsp3) is 0.500. The molecule has 104 valence electrons. The standard InChI is InChI=1S/C12H16N2O5/c1-17-12-6-9(2-3-11(12)14(15)16)19-8-10-7-13-4-5-18-10/h2-3,6,10,13H,4-5,7-8H2,1H3. The highest BCUT2D eigenvalue weighted by molar-refractivity contribution is 5.50. The van der Waals surface area contributed by atoms with Gasteiger partial charge in [-0.2, -0.15) is 0 Å². The number of nitro groups is 1. The predicted octanol–water partition coefficient (Wildman–Crippen LogP) is 0.971. The first-order valence-electron chi connectivity index (χ1n) is 5.98. The summed E-state index contributed by atoms with van der Waals surface area (Å²) in [6.07, 6.45) is -0.00469. The molecule has 0 bridgehead atoms. The van der Waals surface area contributed by atoms with Crippen molar-refractivity contribution >= 4 is 5.69 Å². The SMILES string of the molecule is COc1cc(OCC2CNCCO2)ccc1[N+](=O)[O-]. The van der Waals surface area contributed by atoms with Crippen LogP contribution in [0.25, 0.3) is 0 Å². The van der Waals surface area contributed by atoms with Crippen LogP contribution in [0.15, 0.2) is 18.2 Å². The highest BCUT2D eigenvalue weighted by atomic mass is 16.6. The first-order valence-corrected chi connectivity index (χ1v) is 5.98. The van der Waals surface area contributed by atoms with Gasteiger partial charge in [0.15, 0.2) is 0 Å². The van der Waals surface area contributed by atoms with Crippen LogP contribution in [0.3, 0.4) is 0 Å². The third-order valence-electron chi connectivity index (χ3n) is 2.79. The molecule has 0 aliphatic carbocycles. The smallest absolute Gasteiger partial charge is 0.311 e. The number of nitrogens with one attached hydrogen (secondary N) is 1. The van der Waals surface area contributed by atoms with Gasteiger partial charge in [0.2, 0.25) is 5.75 Å². The minimum atomic E-state index is -0.489. The number of rotatable bonds is 5. The fourth-order valence-corrected chi connectivity index (χ4v) is 1.81. The van der Waals surface area contributed by atoms with Crippen molar-refractivity contribution in [1.82, 2.24) is 5.32 Å². The number of nitrogens with zero attached hydrogens (tertiary/aromatic N) is 1. The number of benzene rings is 1. The lowest BCUT2D eigenvalue weighted by Gasteiger charge is -2.23. The maximum absolute atomic E-state index is 10.8. The number of nitro benzene ring substituents is 1. The molecule has 0 radical (unpaired) electrons. The minimum Gasteiger partial charge on any atom is -0.491 e. The Morgan fingerprint density at radius 2 is 2.42 bits per heavy atom. The van der Waals surface area contributed by atoms with Crippen molar-refractivity contribution in [3.8, 4) is 11.5 Å². The Morgan fingerprint density at radius 3 is 3.05 bits per heavy atom. The molecular formula is C12H16N2O5. The molecule has 1 fully saturated rings. The fourth-order valence-electron chi connectivity index (χ4n) is 1.81. The van der Waals surface area contributed by atoms with Gasteiger partial charge in [0.05, 0.1) is 18.6 Å². The molecule has 7 nitrogen and oxygen atoms in total. The Hall–Kier alpha value is -1.86. The molecule has 1 aliphatic heterocycles. The van der Waals surface area contributed by atoms with Gasteiger partial charge >= 0.3 is 5.69 Å². The summed E-state index contributed by atoms with van der Waals surface area (Å²) in [6.45, 7) is 2.65. The second-order valence-electron chi connectivity index (χ2n) is 4.10. The van der Waals surface area contributed by atoms with Crippen LogP contribution >= 0.6 is 0 Å². The summed E-state index contributed by atoms with van der Waals surface area (Å²) in [5.74, 6) is 0.710. The van der Waals surface area contributed by atoms with Gasteiger partial charge in [-0.05, 0) is 6.07 Å². The second kappa shape index (κ2) is 6.35. The van der Waals surface area contributed by atoms with Gasteiger partial charge in [-0.3, -0.25) is 10.1 Å². The third kappa shape index (κ3) is 3.55. The van der Waals surface area contributed by atoms with E-state index >= 15 is 0 Å². The van der Waals surface area contributed by atoms with E-state index in [9.17, 15) is 10.1 Å². The molecule has 7 heteroatoms. The Morgan fingerprint density at radius 1 is 1.58 bits per heavy atom. The van der Waals surface area contributed by atoms with Crippen molar-refractivity contribution < 1.29 is 19.1 Å². The zero-order valence-corrected chi connectivity index (χ0v) is 10.6. The van der Waals surface area contributed by atoms with Crippen LogP contribution in [0, 0.1) is 10.1 Å². The maximum atomic E-state index is 10.8. The molecule has 1 aromatic carbocycles. The van der Waals surface area contributed by atoms with Crippen LogP contribution in [-0.4, -0.2) is 44.4 Å². The van der Waals surface area contributed by atoms with Gasteiger partial charge in [0.1, 0.15) is 18.5 Å². The van der Waals surface area contributed by atoms with E-state index in [1.165, 1.54) is 19.2 Å². The minimum absolute atomic E-state index is 0.00469. The van der Waals surface area contributed by atoms with Crippen molar-refractivity contribution in [2.24, 2.45) is 0 Å². The summed E-state index contributed by atoms with van der Waals surface area (Å²) in [6, 6.07) is 4.43. The van der Waals surface area contributed by atoms with Crippen LogP contribution in [0.1, 0.15) is 0 Å². The third-order valence-corrected chi connectivity index (χ3v) is 2.79. The predicted molar refractivity (Wildman–Crippen MR) is 67.8 cm³/mol. The maximum Gasteiger partial charge on any atom is 0.311 e. The van der Waals surface area contributed by atoms with Gasteiger partial charge in [0, 0.05) is 25.2 Å². The normalized spacial score (nSPS) is 18.9. The quantitative estimate of drug-likeness (QED) is 0.633. The zero-order chi connectivity index (χ0) is 13.7. The number of hydrogen-bond acceptors (Lipinski definition) is 6. The molecule has 1 aliphatic rings. The summed E-state index contributed by atoms with van der Waals surface area (Å²) in [4.78, 5) is 10.3. The largest absolute Gasteiger partial charge is 0.491 e. The average molecular weight is 268 g/mol. The highest BCUT2D eigenvalue weighted by Crippen LogP contribution is 2.30. The molecular weight excluding hydrogens is 252 g/mol. The molecule has 1 atom stereocenters. The molecule has 1 aromatic rings. The number of methoxy groups -OCH3 is 1. The lowest BCUT2D eigenvalue weighted by Crippen LogP contribution is -2.41. The summed E-state index contributed by atoms with van der Waals surface area (Å²) in [5, 5.41) is 14.0. The van der Waals surface area contributed by atoms with Crippen molar-refractivity contribution in [3.63, 3.8) is 0 Å². The van der Waals surface area contributed by atoms with Gasteiger partial charge in [-0.25, -0.2) is 0 Å². The van der Waals surface area contributed by atoms with Crippen LogP contribution in [0.2, 0.25) is 0 Å². The average Bonchev–Trinajstić information content (AvgIpc) is 2.45.